The Labute approximate surface area is 106 Å². The molecule has 1 aliphatic rings. The van der Waals surface area contributed by atoms with E-state index in [-0.39, 0.29) is 0 Å². The summed E-state index contributed by atoms with van der Waals surface area (Å²) in [7, 11) is 0. The summed E-state index contributed by atoms with van der Waals surface area (Å²) >= 11 is 3.56. The van der Waals surface area contributed by atoms with Gasteiger partial charge in [0.2, 0.25) is 0 Å². The highest BCUT2D eigenvalue weighted by Gasteiger charge is 2.09. The highest BCUT2D eigenvalue weighted by Crippen LogP contribution is 2.15. The number of nitrogens with one attached hydrogen (secondary N) is 1. The van der Waals surface area contributed by atoms with Crippen molar-refractivity contribution >= 4 is 15.9 Å². The van der Waals surface area contributed by atoms with Gasteiger partial charge in [0.05, 0.1) is 0 Å². The number of halogens is 1. The fourth-order valence-corrected chi connectivity index (χ4v) is 2.53. The quantitative estimate of drug-likeness (QED) is 0.836. The van der Waals surface area contributed by atoms with Crippen molar-refractivity contribution in [2.75, 3.05) is 26.2 Å². The molecular weight excluding hydrogens is 264 g/mol. The van der Waals surface area contributed by atoms with E-state index in [0.29, 0.717) is 0 Å². The van der Waals surface area contributed by atoms with Crippen molar-refractivity contribution in [1.29, 1.82) is 0 Å². The average Bonchev–Trinajstić information content (AvgIpc) is 2.79. The van der Waals surface area contributed by atoms with Crippen molar-refractivity contribution in [2.24, 2.45) is 0 Å². The van der Waals surface area contributed by atoms with Crippen LogP contribution in [0.5, 0.6) is 0 Å². The van der Waals surface area contributed by atoms with Gasteiger partial charge in [-0.1, -0.05) is 34.1 Å². The van der Waals surface area contributed by atoms with E-state index in [0.717, 1.165) is 13.1 Å². The molecule has 0 radical (unpaired) electrons. The van der Waals surface area contributed by atoms with Gasteiger partial charge in [0.25, 0.3) is 0 Å². The third-order valence-corrected chi connectivity index (χ3v) is 3.85. The second-order valence-corrected chi connectivity index (χ2v) is 5.17. The summed E-state index contributed by atoms with van der Waals surface area (Å²) in [6, 6.07) is 8.39. The number of likely N-dealkylation sites (tertiary alicyclic amines) is 1. The maximum absolute atomic E-state index is 3.56. The van der Waals surface area contributed by atoms with E-state index in [1.807, 2.05) is 0 Å². The molecule has 0 amide bonds. The van der Waals surface area contributed by atoms with Gasteiger partial charge in [-0.2, -0.15) is 0 Å². The Hall–Kier alpha value is -0.380. The molecule has 1 saturated heterocycles. The molecule has 0 unspecified atom stereocenters. The van der Waals surface area contributed by atoms with E-state index in [1.165, 1.54) is 42.5 Å². The van der Waals surface area contributed by atoms with E-state index in [1.54, 1.807) is 0 Å². The van der Waals surface area contributed by atoms with E-state index < -0.39 is 0 Å². The smallest absolute Gasteiger partial charge is 0.0220 e. The van der Waals surface area contributed by atoms with Crippen LogP contribution in [0.4, 0.5) is 0 Å². The maximum atomic E-state index is 3.56. The predicted molar refractivity (Wildman–Crippen MR) is 71.5 cm³/mol. The summed E-state index contributed by atoms with van der Waals surface area (Å²) in [6.07, 6.45) is 2.76. The van der Waals surface area contributed by atoms with Crippen LogP contribution in [-0.4, -0.2) is 31.1 Å². The highest BCUT2D eigenvalue weighted by molar-refractivity contribution is 9.10. The summed E-state index contributed by atoms with van der Waals surface area (Å²) in [6.45, 7) is 5.80. The lowest BCUT2D eigenvalue weighted by Crippen LogP contribution is -2.29. The molecule has 2 rings (SSSR count). The van der Waals surface area contributed by atoms with Gasteiger partial charge in [-0.3, -0.25) is 0 Å². The van der Waals surface area contributed by atoms with E-state index in [4.69, 9.17) is 0 Å². The lowest BCUT2D eigenvalue weighted by molar-refractivity contribution is 0.335. The average molecular weight is 283 g/mol. The summed E-state index contributed by atoms with van der Waals surface area (Å²) in [4.78, 5) is 2.53. The van der Waals surface area contributed by atoms with E-state index in [9.17, 15) is 0 Å². The van der Waals surface area contributed by atoms with Gasteiger partial charge in [-0.05, 0) is 37.6 Å². The lowest BCUT2D eigenvalue weighted by Gasteiger charge is -2.14. The van der Waals surface area contributed by atoms with Crippen LogP contribution >= 0.6 is 15.9 Å². The first kappa shape index (κ1) is 12.1. The Balaban J connectivity index is 1.66. The van der Waals surface area contributed by atoms with Crippen molar-refractivity contribution in [2.45, 2.75) is 19.4 Å². The molecule has 1 aromatic carbocycles. The van der Waals surface area contributed by atoms with Crippen molar-refractivity contribution in [3.8, 4) is 0 Å². The largest absolute Gasteiger partial charge is 0.311 e. The molecule has 0 atom stereocenters. The minimum Gasteiger partial charge on any atom is -0.311 e. The zero-order chi connectivity index (χ0) is 11.2. The number of hydrogen-bond donors (Lipinski definition) is 1. The molecule has 1 N–H and O–H groups in total. The summed E-state index contributed by atoms with van der Waals surface area (Å²) in [5, 5.41) is 3.50. The SMILES string of the molecule is Brc1ccccc1CNCCN1CCCC1. The summed E-state index contributed by atoms with van der Waals surface area (Å²) < 4.78 is 1.20. The standard InChI is InChI=1S/C13H19BrN2/c14-13-6-2-1-5-12(13)11-15-7-10-16-8-3-4-9-16/h1-2,5-6,15H,3-4,7-11H2. The Morgan fingerprint density at radius 1 is 1.19 bits per heavy atom. The molecule has 0 spiro atoms. The van der Waals surface area contributed by atoms with Crippen LogP contribution < -0.4 is 5.32 Å². The number of rotatable bonds is 5. The fourth-order valence-electron chi connectivity index (χ4n) is 2.11. The van der Waals surface area contributed by atoms with E-state index in [2.05, 4.69) is 50.4 Å². The van der Waals surface area contributed by atoms with Gasteiger partial charge in [0.15, 0.2) is 0 Å². The van der Waals surface area contributed by atoms with Crippen LogP contribution in [0.15, 0.2) is 28.7 Å². The molecule has 0 aromatic heterocycles. The fraction of sp³-hybridized carbons (Fsp3) is 0.538. The first-order chi connectivity index (χ1) is 7.86. The second-order valence-electron chi connectivity index (χ2n) is 4.32. The van der Waals surface area contributed by atoms with Crippen molar-refractivity contribution in [3.63, 3.8) is 0 Å². The number of nitrogens with zero attached hydrogens (tertiary/aromatic N) is 1. The third kappa shape index (κ3) is 3.58. The molecule has 0 bridgehead atoms. The van der Waals surface area contributed by atoms with Gasteiger partial charge in [-0.25, -0.2) is 0 Å². The molecule has 16 heavy (non-hydrogen) atoms. The van der Waals surface area contributed by atoms with Crippen LogP contribution in [0.25, 0.3) is 0 Å². The Kier molecular flexibility index (Phi) is 4.82. The Bertz CT molecular complexity index is 321. The number of hydrogen-bond acceptors (Lipinski definition) is 2. The molecule has 1 aromatic rings. The molecule has 1 aliphatic heterocycles. The highest BCUT2D eigenvalue weighted by atomic mass is 79.9. The lowest BCUT2D eigenvalue weighted by atomic mass is 10.2. The van der Waals surface area contributed by atoms with Gasteiger partial charge in [-0.15, -0.1) is 0 Å². The van der Waals surface area contributed by atoms with E-state index >= 15 is 0 Å². The van der Waals surface area contributed by atoms with Crippen LogP contribution in [0.1, 0.15) is 18.4 Å². The molecule has 3 heteroatoms. The molecular formula is C13H19BrN2. The topological polar surface area (TPSA) is 15.3 Å². The van der Waals surface area contributed by atoms with Gasteiger partial charge >= 0.3 is 0 Å². The predicted octanol–water partition coefficient (Wildman–Crippen LogP) is 2.63. The zero-order valence-electron chi connectivity index (χ0n) is 9.58. The first-order valence-electron chi connectivity index (χ1n) is 6.03. The molecule has 1 fully saturated rings. The van der Waals surface area contributed by atoms with Crippen molar-refractivity contribution < 1.29 is 0 Å². The second kappa shape index (κ2) is 6.38. The normalized spacial score (nSPS) is 16.8. The maximum Gasteiger partial charge on any atom is 0.0220 e. The first-order valence-corrected chi connectivity index (χ1v) is 6.82. The van der Waals surface area contributed by atoms with Gasteiger partial charge in [0.1, 0.15) is 0 Å². The van der Waals surface area contributed by atoms with Crippen LogP contribution in [-0.2, 0) is 6.54 Å². The van der Waals surface area contributed by atoms with Crippen LogP contribution in [0.3, 0.4) is 0 Å². The summed E-state index contributed by atoms with van der Waals surface area (Å²) in [5.74, 6) is 0. The van der Waals surface area contributed by atoms with Gasteiger partial charge < -0.3 is 10.2 Å². The van der Waals surface area contributed by atoms with Crippen molar-refractivity contribution in [1.82, 2.24) is 10.2 Å². The molecule has 0 aliphatic carbocycles. The molecule has 88 valence electrons. The zero-order valence-corrected chi connectivity index (χ0v) is 11.2. The Morgan fingerprint density at radius 2 is 1.94 bits per heavy atom. The minimum absolute atomic E-state index is 0.954. The number of benzene rings is 1. The molecule has 1 heterocycles. The summed E-state index contributed by atoms with van der Waals surface area (Å²) in [5.41, 5.74) is 1.34. The monoisotopic (exact) mass is 282 g/mol. The Morgan fingerprint density at radius 3 is 2.69 bits per heavy atom. The van der Waals surface area contributed by atoms with Crippen LogP contribution in [0, 0.1) is 0 Å². The van der Waals surface area contributed by atoms with Crippen LogP contribution in [0.2, 0.25) is 0 Å². The third-order valence-electron chi connectivity index (χ3n) is 3.08. The molecule has 0 saturated carbocycles. The minimum atomic E-state index is 0.954. The molecule has 2 nitrogen and oxygen atoms in total. The van der Waals surface area contributed by atoms with Crippen molar-refractivity contribution in [3.05, 3.63) is 34.3 Å². The van der Waals surface area contributed by atoms with Gasteiger partial charge in [0, 0.05) is 24.1 Å².